The Labute approximate surface area is 136 Å². The molecule has 116 valence electrons. The average molecular weight is 336 g/mol. The summed E-state index contributed by atoms with van der Waals surface area (Å²) in [5.74, 6) is -1.94. The molecule has 2 saturated heterocycles. The Kier molecular flexibility index (Phi) is 2.74. The second kappa shape index (κ2) is 4.41. The highest BCUT2D eigenvalue weighted by molar-refractivity contribution is 7.22. The van der Waals surface area contributed by atoms with E-state index < -0.39 is 11.6 Å². The molecule has 4 heterocycles. The molecule has 0 atom stereocenters. The van der Waals surface area contributed by atoms with Crippen molar-refractivity contribution in [3.8, 4) is 9.75 Å². The Morgan fingerprint density at radius 1 is 0.727 bits per heavy atom. The van der Waals surface area contributed by atoms with Crippen molar-refractivity contribution in [3.63, 3.8) is 0 Å². The first kappa shape index (κ1) is 13.7. The second-order valence-corrected chi connectivity index (χ2v) is 8.34. The van der Waals surface area contributed by atoms with Gasteiger partial charge in [0.1, 0.15) is 0 Å². The predicted molar refractivity (Wildman–Crippen MR) is 84.3 cm³/mol. The Morgan fingerprint density at radius 2 is 1.09 bits per heavy atom. The highest BCUT2D eigenvalue weighted by Crippen LogP contribution is 2.62. The van der Waals surface area contributed by atoms with Gasteiger partial charge in [-0.2, -0.15) is 0 Å². The highest BCUT2D eigenvalue weighted by Gasteiger charge is 2.67. The van der Waals surface area contributed by atoms with Crippen LogP contribution in [-0.4, -0.2) is 26.4 Å². The normalized spacial score (nSPS) is 24.1. The second-order valence-electron chi connectivity index (χ2n) is 5.83. The molecule has 22 heavy (non-hydrogen) atoms. The van der Waals surface area contributed by atoms with Crippen molar-refractivity contribution in [2.45, 2.75) is 25.4 Å². The van der Waals surface area contributed by atoms with E-state index in [1.54, 1.807) is 22.7 Å². The zero-order valence-corrected chi connectivity index (χ0v) is 14.1. The SMILES string of the molecule is Cc1cc2c(s1)-c1sc(C)cc1C1(OCCO1)C21OCCO1. The van der Waals surface area contributed by atoms with Crippen molar-refractivity contribution >= 4 is 22.7 Å². The fourth-order valence-corrected chi connectivity index (χ4v) is 5.98. The van der Waals surface area contributed by atoms with Crippen LogP contribution in [0.15, 0.2) is 12.1 Å². The van der Waals surface area contributed by atoms with E-state index in [2.05, 4.69) is 26.0 Å². The summed E-state index contributed by atoms with van der Waals surface area (Å²) in [6, 6.07) is 4.33. The van der Waals surface area contributed by atoms with Gasteiger partial charge in [0.2, 0.25) is 0 Å². The van der Waals surface area contributed by atoms with Gasteiger partial charge >= 0.3 is 0 Å². The van der Waals surface area contributed by atoms with E-state index in [-0.39, 0.29) is 0 Å². The van der Waals surface area contributed by atoms with E-state index >= 15 is 0 Å². The number of aryl methyl sites for hydroxylation is 2. The van der Waals surface area contributed by atoms with Crippen LogP contribution in [0.4, 0.5) is 0 Å². The molecule has 0 saturated carbocycles. The van der Waals surface area contributed by atoms with Crippen molar-refractivity contribution in [1.29, 1.82) is 0 Å². The monoisotopic (exact) mass is 336 g/mol. The highest BCUT2D eigenvalue weighted by atomic mass is 32.1. The van der Waals surface area contributed by atoms with Gasteiger partial charge in [-0.25, -0.2) is 0 Å². The lowest BCUT2D eigenvalue weighted by atomic mass is 9.85. The lowest BCUT2D eigenvalue weighted by molar-refractivity contribution is -0.365. The first-order chi connectivity index (χ1) is 10.7. The molecule has 0 aromatic carbocycles. The summed E-state index contributed by atoms with van der Waals surface area (Å²) in [6.07, 6.45) is 0. The molecule has 0 N–H and O–H groups in total. The standard InChI is InChI=1S/C16H16O4S2/c1-9-7-11-13(21-9)14-12(8-10(2)22-14)16(19-5-6-20-16)15(11)17-3-4-18-15/h7-8H,3-6H2,1-2H3. The molecule has 0 radical (unpaired) electrons. The van der Waals surface area contributed by atoms with E-state index in [0.29, 0.717) is 26.4 Å². The summed E-state index contributed by atoms with van der Waals surface area (Å²) >= 11 is 3.58. The number of rotatable bonds is 0. The van der Waals surface area contributed by atoms with E-state index in [4.69, 9.17) is 18.9 Å². The van der Waals surface area contributed by atoms with E-state index in [9.17, 15) is 0 Å². The fraction of sp³-hybridized carbons (Fsp3) is 0.500. The molecule has 0 bridgehead atoms. The van der Waals surface area contributed by atoms with Gasteiger partial charge in [0, 0.05) is 20.9 Å². The lowest BCUT2D eigenvalue weighted by Gasteiger charge is -2.44. The van der Waals surface area contributed by atoms with Gasteiger partial charge in [-0.1, -0.05) is 0 Å². The molecule has 3 aliphatic rings. The Bertz CT molecular complexity index is 684. The fourth-order valence-electron chi connectivity index (χ4n) is 3.73. The number of hydrogen-bond donors (Lipinski definition) is 0. The third kappa shape index (κ3) is 1.46. The molecule has 2 spiro atoms. The smallest absolute Gasteiger partial charge is 0.257 e. The van der Waals surface area contributed by atoms with Crippen LogP contribution in [0.25, 0.3) is 9.75 Å². The molecule has 0 amide bonds. The van der Waals surface area contributed by atoms with Gasteiger partial charge < -0.3 is 18.9 Å². The lowest BCUT2D eigenvalue weighted by Crippen LogP contribution is -2.53. The minimum atomic E-state index is -0.968. The van der Waals surface area contributed by atoms with Crippen LogP contribution in [0.2, 0.25) is 0 Å². The molecule has 4 nitrogen and oxygen atoms in total. The summed E-state index contributed by atoms with van der Waals surface area (Å²) < 4.78 is 24.7. The van der Waals surface area contributed by atoms with Crippen LogP contribution < -0.4 is 0 Å². The molecular formula is C16H16O4S2. The minimum Gasteiger partial charge on any atom is -0.339 e. The van der Waals surface area contributed by atoms with Crippen molar-refractivity contribution < 1.29 is 18.9 Å². The number of ether oxygens (including phenoxy) is 4. The zero-order chi connectivity index (χ0) is 14.9. The van der Waals surface area contributed by atoms with Crippen LogP contribution in [-0.2, 0) is 30.5 Å². The molecular weight excluding hydrogens is 320 g/mol. The summed E-state index contributed by atoms with van der Waals surface area (Å²) in [4.78, 5) is 4.96. The molecule has 1 aliphatic carbocycles. The van der Waals surface area contributed by atoms with Crippen molar-refractivity contribution in [2.24, 2.45) is 0 Å². The quantitative estimate of drug-likeness (QED) is 0.738. The summed E-state index contributed by atoms with van der Waals surface area (Å²) in [6.45, 7) is 6.47. The van der Waals surface area contributed by atoms with Crippen LogP contribution in [0, 0.1) is 13.8 Å². The Morgan fingerprint density at radius 3 is 1.45 bits per heavy atom. The Hall–Kier alpha value is -0.760. The van der Waals surface area contributed by atoms with Crippen molar-refractivity contribution in [3.05, 3.63) is 33.0 Å². The van der Waals surface area contributed by atoms with Gasteiger partial charge in [-0.05, 0) is 26.0 Å². The third-order valence-corrected chi connectivity index (χ3v) is 6.71. The van der Waals surface area contributed by atoms with E-state index in [0.717, 1.165) is 11.1 Å². The number of hydrogen-bond acceptors (Lipinski definition) is 6. The van der Waals surface area contributed by atoms with Gasteiger partial charge in [-0.3, -0.25) is 0 Å². The minimum absolute atomic E-state index is 0.557. The largest absolute Gasteiger partial charge is 0.339 e. The van der Waals surface area contributed by atoms with Gasteiger partial charge in [0.05, 0.1) is 36.2 Å². The van der Waals surface area contributed by atoms with Gasteiger partial charge in [-0.15, -0.1) is 22.7 Å². The topological polar surface area (TPSA) is 36.9 Å². The van der Waals surface area contributed by atoms with E-state index in [1.807, 2.05) is 0 Å². The van der Waals surface area contributed by atoms with Crippen molar-refractivity contribution in [1.82, 2.24) is 0 Å². The summed E-state index contributed by atoms with van der Waals surface area (Å²) in [5.41, 5.74) is 2.12. The van der Waals surface area contributed by atoms with Gasteiger partial charge in [0.25, 0.3) is 11.6 Å². The first-order valence-corrected chi connectivity index (χ1v) is 9.08. The zero-order valence-electron chi connectivity index (χ0n) is 12.4. The summed E-state index contributed by atoms with van der Waals surface area (Å²) in [7, 11) is 0. The van der Waals surface area contributed by atoms with Gasteiger partial charge in [0.15, 0.2) is 0 Å². The number of thiophene rings is 2. The maximum Gasteiger partial charge on any atom is 0.257 e. The molecule has 6 heteroatoms. The predicted octanol–water partition coefficient (Wildman–Crippen LogP) is 3.51. The maximum absolute atomic E-state index is 6.16. The van der Waals surface area contributed by atoms with Crippen LogP contribution >= 0.6 is 22.7 Å². The van der Waals surface area contributed by atoms with Crippen LogP contribution in [0.3, 0.4) is 0 Å². The first-order valence-electron chi connectivity index (χ1n) is 7.44. The Balaban J connectivity index is 1.88. The molecule has 5 rings (SSSR count). The molecule has 2 aromatic rings. The van der Waals surface area contributed by atoms with Crippen LogP contribution in [0.1, 0.15) is 20.9 Å². The third-order valence-electron chi connectivity index (χ3n) is 4.45. The van der Waals surface area contributed by atoms with E-state index in [1.165, 1.54) is 19.5 Å². The molecule has 2 fully saturated rings. The average Bonchev–Trinajstić information content (AvgIpc) is 3.22. The van der Waals surface area contributed by atoms with Crippen molar-refractivity contribution in [2.75, 3.05) is 26.4 Å². The number of fused-ring (bicyclic) bond motifs is 6. The molecule has 2 aromatic heterocycles. The summed E-state index contributed by atoms with van der Waals surface area (Å²) in [5, 5.41) is 0. The van der Waals surface area contributed by atoms with Crippen LogP contribution in [0.5, 0.6) is 0 Å². The molecule has 2 aliphatic heterocycles. The maximum atomic E-state index is 6.16. The molecule has 0 unspecified atom stereocenters.